The highest BCUT2D eigenvalue weighted by atomic mass is 32.2. The van der Waals surface area contributed by atoms with Crippen LogP contribution in [0.1, 0.15) is 15.4 Å². The molecule has 0 unspecified atom stereocenters. The molecule has 118 valence electrons. The number of alkyl halides is 2. The molecule has 0 bridgehead atoms. The first kappa shape index (κ1) is 15.9. The average Bonchev–Trinajstić information content (AvgIpc) is 2.95. The summed E-state index contributed by atoms with van der Waals surface area (Å²) in [5.41, 5.74) is 1.35. The van der Waals surface area contributed by atoms with E-state index < -0.39 is 5.76 Å². The number of carbonyl (C=O) groups excluding carboxylic acids is 1. The maximum Gasteiger partial charge on any atom is 0.288 e. The van der Waals surface area contributed by atoms with Gasteiger partial charge in [-0.1, -0.05) is 23.9 Å². The summed E-state index contributed by atoms with van der Waals surface area (Å²) in [6.07, 6.45) is 0. The molecule has 1 amide bonds. The Labute approximate surface area is 139 Å². The van der Waals surface area contributed by atoms with Crippen molar-refractivity contribution in [2.45, 2.75) is 17.2 Å². The summed E-state index contributed by atoms with van der Waals surface area (Å²) in [7, 11) is 0. The van der Waals surface area contributed by atoms with Crippen molar-refractivity contribution in [3.05, 3.63) is 59.1 Å². The van der Waals surface area contributed by atoms with Gasteiger partial charge in [0.05, 0.1) is 16.8 Å². The first-order valence-corrected chi connectivity index (χ1v) is 8.49. The third-order valence-electron chi connectivity index (χ3n) is 3.08. The Hall–Kier alpha value is -1.99. The number of hydrogen-bond acceptors (Lipinski definition) is 4. The third kappa shape index (κ3) is 4.05. The monoisotopic (exact) mass is 350 g/mol. The van der Waals surface area contributed by atoms with Gasteiger partial charge in [0, 0.05) is 10.5 Å². The second-order valence-corrected chi connectivity index (χ2v) is 6.84. The third-order valence-corrected chi connectivity index (χ3v) is 4.84. The van der Waals surface area contributed by atoms with Crippen molar-refractivity contribution in [3.63, 3.8) is 0 Å². The molecule has 1 N–H and O–H groups in total. The quantitative estimate of drug-likeness (QED) is 0.687. The number of benzene rings is 2. The van der Waals surface area contributed by atoms with Crippen LogP contribution in [-0.2, 0) is 6.54 Å². The molecular formula is C16H12F2N2OS2. The topological polar surface area (TPSA) is 42.0 Å². The molecule has 0 fully saturated rings. The van der Waals surface area contributed by atoms with Crippen molar-refractivity contribution >= 4 is 39.2 Å². The molecule has 0 radical (unpaired) electrons. The lowest BCUT2D eigenvalue weighted by atomic mass is 10.2. The van der Waals surface area contributed by atoms with Gasteiger partial charge in [-0.2, -0.15) is 8.78 Å². The molecule has 2 aromatic carbocycles. The first-order valence-electron chi connectivity index (χ1n) is 6.79. The number of nitrogens with one attached hydrogen (secondary N) is 1. The zero-order valence-electron chi connectivity index (χ0n) is 11.8. The number of amides is 1. The highest BCUT2D eigenvalue weighted by Gasteiger charge is 2.09. The largest absolute Gasteiger partial charge is 0.346 e. The second-order valence-electron chi connectivity index (χ2n) is 4.66. The van der Waals surface area contributed by atoms with E-state index in [9.17, 15) is 13.6 Å². The Kier molecular flexibility index (Phi) is 4.88. The van der Waals surface area contributed by atoms with Crippen LogP contribution in [0.5, 0.6) is 0 Å². The highest BCUT2D eigenvalue weighted by Crippen LogP contribution is 2.25. The summed E-state index contributed by atoms with van der Waals surface area (Å²) in [5, 5.41) is 3.61. The normalized spacial score (nSPS) is 11.1. The van der Waals surface area contributed by atoms with E-state index in [1.807, 2.05) is 24.3 Å². The molecular weight excluding hydrogens is 338 g/mol. The summed E-state index contributed by atoms with van der Waals surface area (Å²) in [4.78, 5) is 17.0. The molecule has 3 aromatic rings. The number of para-hydroxylation sites is 1. The van der Waals surface area contributed by atoms with Crippen molar-refractivity contribution in [1.29, 1.82) is 0 Å². The van der Waals surface area contributed by atoms with E-state index in [4.69, 9.17) is 0 Å². The van der Waals surface area contributed by atoms with Crippen molar-refractivity contribution in [2.75, 3.05) is 0 Å². The molecule has 1 aromatic heterocycles. The number of thiazole rings is 1. The molecule has 3 nitrogen and oxygen atoms in total. The van der Waals surface area contributed by atoms with Crippen LogP contribution in [-0.4, -0.2) is 16.6 Å². The smallest absolute Gasteiger partial charge is 0.288 e. The fraction of sp³-hybridized carbons (Fsp3) is 0.125. The molecule has 3 rings (SSSR count). The van der Waals surface area contributed by atoms with Gasteiger partial charge in [0.25, 0.3) is 11.7 Å². The lowest BCUT2D eigenvalue weighted by Crippen LogP contribution is -2.22. The molecule has 0 atom stereocenters. The van der Waals surface area contributed by atoms with E-state index in [1.165, 1.54) is 23.5 Å². The van der Waals surface area contributed by atoms with Crippen LogP contribution in [0, 0.1) is 0 Å². The van der Waals surface area contributed by atoms with Crippen LogP contribution in [0.15, 0.2) is 53.4 Å². The minimum Gasteiger partial charge on any atom is -0.346 e. The molecule has 23 heavy (non-hydrogen) atoms. The maximum absolute atomic E-state index is 12.3. The number of fused-ring (bicyclic) bond motifs is 1. The summed E-state index contributed by atoms with van der Waals surface area (Å²) in [6, 6.07) is 13.9. The maximum atomic E-state index is 12.3. The van der Waals surface area contributed by atoms with Gasteiger partial charge in [-0.3, -0.25) is 4.79 Å². The number of nitrogens with zero attached hydrogens (tertiary/aromatic N) is 1. The van der Waals surface area contributed by atoms with Gasteiger partial charge in [-0.15, -0.1) is 11.3 Å². The van der Waals surface area contributed by atoms with Gasteiger partial charge in [0.1, 0.15) is 5.01 Å². The fourth-order valence-corrected chi connectivity index (χ4v) is 3.45. The Morgan fingerprint density at radius 2 is 1.91 bits per heavy atom. The molecule has 0 aliphatic rings. The number of rotatable bonds is 5. The van der Waals surface area contributed by atoms with E-state index in [-0.39, 0.29) is 5.91 Å². The second kappa shape index (κ2) is 7.06. The van der Waals surface area contributed by atoms with Gasteiger partial charge in [-0.05, 0) is 36.4 Å². The first-order chi connectivity index (χ1) is 11.1. The van der Waals surface area contributed by atoms with E-state index in [1.54, 1.807) is 12.1 Å². The lowest BCUT2D eigenvalue weighted by Gasteiger charge is -2.04. The van der Waals surface area contributed by atoms with Crippen LogP contribution in [0.25, 0.3) is 10.2 Å². The molecule has 0 saturated heterocycles. The minimum atomic E-state index is -2.46. The Morgan fingerprint density at radius 1 is 1.17 bits per heavy atom. The molecule has 0 aliphatic carbocycles. The zero-order chi connectivity index (χ0) is 16.2. The SMILES string of the molecule is O=C(NCc1nc2ccccc2s1)c1ccc(SC(F)F)cc1. The van der Waals surface area contributed by atoms with Crippen LogP contribution in [0.2, 0.25) is 0 Å². The number of halogens is 2. The molecule has 0 saturated carbocycles. The molecule has 7 heteroatoms. The highest BCUT2D eigenvalue weighted by molar-refractivity contribution is 7.99. The van der Waals surface area contributed by atoms with Crippen molar-refractivity contribution in [3.8, 4) is 0 Å². The van der Waals surface area contributed by atoms with Crippen molar-refractivity contribution < 1.29 is 13.6 Å². The van der Waals surface area contributed by atoms with E-state index in [0.29, 0.717) is 28.8 Å². The fourth-order valence-electron chi connectivity index (χ4n) is 2.04. The Balaban J connectivity index is 1.62. The van der Waals surface area contributed by atoms with E-state index in [0.717, 1.165) is 15.2 Å². The predicted octanol–water partition coefficient (Wildman–Crippen LogP) is 4.54. The van der Waals surface area contributed by atoms with E-state index in [2.05, 4.69) is 10.3 Å². The summed E-state index contributed by atoms with van der Waals surface area (Å²) >= 11 is 1.99. The van der Waals surface area contributed by atoms with Crippen LogP contribution in [0.3, 0.4) is 0 Å². The van der Waals surface area contributed by atoms with Gasteiger partial charge in [0.15, 0.2) is 0 Å². The summed E-state index contributed by atoms with van der Waals surface area (Å²) in [6.45, 7) is 0.339. The Bertz CT molecular complexity index is 785. The standard InChI is InChI=1S/C16H12F2N2OS2/c17-16(18)22-11-7-5-10(6-8-11)15(21)19-9-14-20-12-3-1-2-4-13(12)23-14/h1-8,16H,9H2,(H,19,21). The van der Waals surface area contributed by atoms with Gasteiger partial charge < -0.3 is 5.32 Å². The average molecular weight is 350 g/mol. The molecule has 0 aliphatic heterocycles. The Morgan fingerprint density at radius 3 is 2.61 bits per heavy atom. The lowest BCUT2D eigenvalue weighted by molar-refractivity contribution is 0.0951. The zero-order valence-corrected chi connectivity index (χ0v) is 13.5. The number of hydrogen-bond donors (Lipinski definition) is 1. The van der Waals surface area contributed by atoms with Crippen molar-refractivity contribution in [2.24, 2.45) is 0 Å². The van der Waals surface area contributed by atoms with E-state index >= 15 is 0 Å². The molecule has 0 spiro atoms. The predicted molar refractivity (Wildman–Crippen MR) is 89.1 cm³/mol. The van der Waals surface area contributed by atoms with Gasteiger partial charge in [0.2, 0.25) is 0 Å². The van der Waals surface area contributed by atoms with Gasteiger partial charge in [-0.25, -0.2) is 4.98 Å². The molecule has 1 heterocycles. The van der Waals surface area contributed by atoms with Crippen LogP contribution >= 0.6 is 23.1 Å². The summed E-state index contributed by atoms with van der Waals surface area (Å²) in [5.74, 6) is -2.72. The summed E-state index contributed by atoms with van der Waals surface area (Å²) < 4.78 is 25.6. The number of carbonyl (C=O) groups is 1. The van der Waals surface area contributed by atoms with Crippen molar-refractivity contribution in [1.82, 2.24) is 10.3 Å². The van der Waals surface area contributed by atoms with Crippen LogP contribution < -0.4 is 5.32 Å². The van der Waals surface area contributed by atoms with Crippen LogP contribution in [0.4, 0.5) is 8.78 Å². The number of thioether (sulfide) groups is 1. The minimum absolute atomic E-state index is 0.252. The number of aromatic nitrogens is 1. The van der Waals surface area contributed by atoms with Gasteiger partial charge >= 0.3 is 0 Å².